The van der Waals surface area contributed by atoms with Crippen molar-refractivity contribution in [2.45, 2.75) is 19.8 Å². The Morgan fingerprint density at radius 1 is 1.16 bits per heavy atom. The second-order valence-corrected chi connectivity index (χ2v) is 6.86. The molecule has 1 aliphatic rings. The van der Waals surface area contributed by atoms with E-state index in [0.29, 0.717) is 36.1 Å². The number of benzene rings is 2. The molecule has 4 rings (SSSR count). The summed E-state index contributed by atoms with van der Waals surface area (Å²) in [6.45, 7) is 4.72. The molecule has 0 bridgehead atoms. The van der Waals surface area contributed by atoms with Gasteiger partial charge in [0.2, 0.25) is 11.8 Å². The summed E-state index contributed by atoms with van der Waals surface area (Å²) in [6, 6.07) is 14.7. The number of phenols is 1. The Balaban J connectivity index is 1.86. The fourth-order valence-electron chi connectivity index (χ4n) is 3.66. The highest BCUT2D eigenvalue weighted by atomic mass is 16.5. The van der Waals surface area contributed by atoms with Crippen LogP contribution in [0.4, 0.5) is 0 Å². The van der Waals surface area contributed by atoms with Crippen molar-refractivity contribution in [3.8, 4) is 40.5 Å². The molecule has 158 valence electrons. The maximum atomic E-state index is 10.1. The average Bonchev–Trinajstić information content (AvgIpc) is 3.18. The van der Waals surface area contributed by atoms with Gasteiger partial charge in [0.15, 0.2) is 11.5 Å². The minimum Gasteiger partial charge on any atom is -0.504 e. The second-order valence-electron chi connectivity index (χ2n) is 6.86. The van der Waals surface area contributed by atoms with E-state index in [9.17, 15) is 10.4 Å². The highest BCUT2D eigenvalue weighted by molar-refractivity contribution is 5.71. The molecule has 3 aromatic rings. The lowest BCUT2D eigenvalue weighted by molar-refractivity contribution is 0.317. The van der Waals surface area contributed by atoms with Gasteiger partial charge < -0.3 is 25.1 Å². The fraction of sp³-hybridized carbons (Fsp3) is 0.217. The monoisotopic (exact) mass is 418 g/mol. The molecule has 0 aliphatic carbocycles. The van der Waals surface area contributed by atoms with Gasteiger partial charge in [0, 0.05) is 5.56 Å². The van der Waals surface area contributed by atoms with E-state index in [-0.39, 0.29) is 17.2 Å². The normalized spacial score (nSPS) is 15.1. The van der Waals surface area contributed by atoms with Crippen LogP contribution in [0.25, 0.3) is 11.3 Å². The molecule has 1 aliphatic heterocycles. The Morgan fingerprint density at radius 2 is 1.90 bits per heavy atom. The van der Waals surface area contributed by atoms with E-state index in [1.54, 1.807) is 12.1 Å². The van der Waals surface area contributed by atoms with Crippen molar-refractivity contribution in [2.75, 3.05) is 13.2 Å². The number of nitrogens with two attached hydrogens (primary N) is 1. The third kappa shape index (κ3) is 3.62. The molecule has 0 spiro atoms. The van der Waals surface area contributed by atoms with Crippen molar-refractivity contribution in [1.29, 1.82) is 5.26 Å². The van der Waals surface area contributed by atoms with Crippen LogP contribution in [0.2, 0.25) is 0 Å². The first-order chi connectivity index (χ1) is 15.1. The number of nitriles is 1. The molecule has 8 nitrogen and oxygen atoms in total. The average molecular weight is 418 g/mol. The van der Waals surface area contributed by atoms with Gasteiger partial charge in [0.25, 0.3) is 0 Å². The number of aromatic amines is 1. The van der Waals surface area contributed by atoms with Crippen LogP contribution in [-0.4, -0.2) is 28.5 Å². The van der Waals surface area contributed by atoms with Crippen molar-refractivity contribution in [1.82, 2.24) is 10.2 Å². The summed E-state index contributed by atoms with van der Waals surface area (Å²) in [4.78, 5) is 0. The zero-order chi connectivity index (χ0) is 22.0. The number of rotatable bonds is 6. The third-order valence-electron chi connectivity index (χ3n) is 5.01. The summed E-state index contributed by atoms with van der Waals surface area (Å²) in [5.74, 6) is 0.859. The Morgan fingerprint density at radius 3 is 2.58 bits per heavy atom. The van der Waals surface area contributed by atoms with Crippen LogP contribution >= 0.6 is 0 Å². The topological polar surface area (TPSA) is 126 Å². The number of nitrogens with zero attached hydrogens (tertiary/aromatic N) is 2. The number of allylic oxidation sites excluding steroid dienone is 1. The van der Waals surface area contributed by atoms with Gasteiger partial charge in [-0.1, -0.05) is 6.07 Å². The Bertz CT molecular complexity index is 1180. The van der Waals surface area contributed by atoms with Gasteiger partial charge in [-0.3, -0.25) is 5.10 Å². The zero-order valence-corrected chi connectivity index (χ0v) is 17.2. The molecule has 8 heteroatoms. The predicted octanol–water partition coefficient (Wildman–Crippen LogP) is 3.80. The minimum absolute atomic E-state index is 0.00391. The molecule has 2 aromatic carbocycles. The summed E-state index contributed by atoms with van der Waals surface area (Å²) < 4.78 is 16.7. The van der Waals surface area contributed by atoms with Gasteiger partial charge in [0.05, 0.1) is 30.4 Å². The molecule has 1 aromatic heterocycles. The van der Waals surface area contributed by atoms with Gasteiger partial charge in [0.1, 0.15) is 17.4 Å². The van der Waals surface area contributed by atoms with Crippen molar-refractivity contribution in [3.63, 3.8) is 0 Å². The van der Waals surface area contributed by atoms with Crippen LogP contribution in [0, 0.1) is 11.3 Å². The van der Waals surface area contributed by atoms with E-state index < -0.39 is 5.92 Å². The molecule has 0 saturated heterocycles. The third-order valence-corrected chi connectivity index (χ3v) is 5.01. The predicted molar refractivity (Wildman–Crippen MR) is 114 cm³/mol. The van der Waals surface area contributed by atoms with Crippen molar-refractivity contribution >= 4 is 0 Å². The molecule has 0 unspecified atom stereocenters. The summed E-state index contributed by atoms with van der Waals surface area (Å²) >= 11 is 0. The number of ether oxygens (including phenoxy) is 3. The number of H-pyrrole nitrogens is 1. The fourth-order valence-corrected chi connectivity index (χ4v) is 3.66. The number of hydrogen-bond acceptors (Lipinski definition) is 7. The van der Waals surface area contributed by atoms with E-state index in [0.717, 1.165) is 16.9 Å². The molecule has 1 atom stereocenters. The van der Waals surface area contributed by atoms with Crippen LogP contribution in [0.3, 0.4) is 0 Å². The quantitative estimate of drug-likeness (QED) is 0.556. The van der Waals surface area contributed by atoms with E-state index >= 15 is 0 Å². The van der Waals surface area contributed by atoms with E-state index in [1.807, 2.05) is 38.1 Å². The highest BCUT2D eigenvalue weighted by Crippen LogP contribution is 2.47. The molecule has 0 amide bonds. The molecule has 2 heterocycles. The molecule has 0 fully saturated rings. The maximum Gasteiger partial charge on any atom is 0.244 e. The van der Waals surface area contributed by atoms with Gasteiger partial charge in [-0.15, -0.1) is 5.10 Å². The summed E-state index contributed by atoms with van der Waals surface area (Å²) in [6.07, 6.45) is 0. The summed E-state index contributed by atoms with van der Waals surface area (Å²) in [5.41, 5.74) is 9.26. The molecular weight excluding hydrogens is 396 g/mol. The minimum atomic E-state index is -0.547. The van der Waals surface area contributed by atoms with Gasteiger partial charge in [-0.25, -0.2) is 0 Å². The largest absolute Gasteiger partial charge is 0.504 e. The standard InChI is InChI=1S/C23H22N4O4/c1-3-29-15-8-5-13(6-9-15)21-20-19(14-7-10-17(28)18(11-14)30-4-2)16(12-24)22(25)31-23(20)27-26-21/h5-11,19,28H,3-4,25H2,1-2H3,(H,26,27)/t19-/m0/s1. The summed E-state index contributed by atoms with van der Waals surface area (Å²) in [5, 5.41) is 27.3. The second kappa shape index (κ2) is 8.32. The van der Waals surface area contributed by atoms with Crippen LogP contribution in [0.1, 0.15) is 30.9 Å². The molecule has 0 saturated carbocycles. The Labute approximate surface area is 179 Å². The SMILES string of the molecule is CCOc1ccc(-c2[nH]nc3c2[C@@H](c2ccc(O)c(OCC)c2)C(C#N)=C(N)O3)cc1. The van der Waals surface area contributed by atoms with Crippen LogP contribution < -0.4 is 19.9 Å². The van der Waals surface area contributed by atoms with E-state index in [4.69, 9.17) is 19.9 Å². The lowest BCUT2D eigenvalue weighted by Gasteiger charge is -2.24. The number of phenolic OH excluding ortho intramolecular Hbond substituents is 1. The first kappa shape index (κ1) is 20.2. The van der Waals surface area contributed by atoms with Crippen LogP contribution in [0.15, 0.2) is 53.9 Å². The number of aromatic nitrogens is 2. The van der Waals surface area contributed by atoms with Crippen LogP contribution in [-0.2, 0) is 0 Å². The molecule has 0 radical (unpaired) electrons. The van der Waals surface area contributed by atoms with E-state index in [1.165, 1.54) is 6.07 Å². The maximum absolute atomic E-state index is 10.1. The van der Waals surface area contributed by atoms with Crippen molar-refractivity contribution < 1.29 is 19.3 Å². The Kier molecular flexibility index (Phi) is 5.41. The Hall–Kier alpha value is -4.12. The first-order valence-electron chi connectivity index (χ1n) is 9.92. The zero-order valence-electron chi connectivity index (χ0n) is 17.2. The number of nitrogens with one attached hydrogen (secondary N) is 1. The number of hydrogen-bond donors (Lipinski definition) is 3. The number of fused-ring (bicyclic) bond motifs is 1. The van der Waals surface area contributed by atoms with Crippen molar-refractivity contribution in [2.24, 2.45) is 5.73 Å². The summed E-state index contributed by atoms with van der Waals surface area (Å²) in [7, 11) is 0. The highest BCUT2D eigenvalue weighted by Gasteiger charge is 2.36. The first-order valence-corrected chi connectivity index (χ1v) is 9.92. The molecule has 31 heavy (non-hydrogen) atoms. The van der Waals surface area contributed by atoms with Crippen molar-refractivity contribution in [3.05, 3.63) is 65.0 Å². The van der Waals surface area contributed by atoms with Crippen LogP contribution in [0.5, 0.6) is 23.1 Å². The van der Waals surface area contributed by atoms with Gasteiger partial charge in [-0.2, -0.15) is 5.26 Å². The van der Waals surface area contributed by atoms with E-state index in [2.05, 4.69) is 16.3 Å². The van der Waals surface area contributed by atoms with Gasteiger partial charge >= 0.3 is 0 Å². The molecule has 4 N–H and O–H groups in total. The van der Waals surface area contributed by atoms with Gasteiger partial charge in [-0.05, 0) is 55.8 Å². The molecular formula is C23H22N4O4. The lowest BCUT2D eigenvalue weighted by Crippen LogP contribution is -2.21. The smallest absolute Gasteiger partial charge is 0.244 e. The lowest BCUT2D eigenvalue weighted by atomic mass is 9.83. The number of aromatic hydroxyl groups is 1.